The quantitative estimate of drug-likeness (QED) is 0.794. The van der Waals surface area contributed by atoms with Crippen molar-refractivity contribution >= 4 is 17.5 Å². The van der Waals surface area contributed by atoms with Crippen molar-refractivity contribution in [2.75, 3.05) is 31.6 Å². The Kier molecular flexibility index (Phi) is 5.75. The highest BCUT2D eigenvalue weighted by Gasteiger charge is 2.33. The zero-order chi connectivity index (χ0) is 22.0. The van der Waals surface area contributed by atoms with Gasteiger partial charge in [-0.1, -0.05) is 6.07 Å². The van der Waals surface area contributed by atoms with Crippen LogP contribution in [0.25, 0.3) is 0 Å². The molecule has 2 aliphatic heterocycles. The first kappa shape index (κ1) is 21.0. The smallest absolute Gasteiger partial charge is 0.416 e. The Labute approximate surface area is 176 Å². The van der Waals surface area contributed by atoms with Gasteiger partial charge in [-0.05, 0) is 43.2 Å². The Bertz CT molecular complexity index is 993. The Morgan fingerprint density at radius 1 is 1.03 bits per heavy atom. The Morgan fingerprint density at radius 3 is 2.58 bits per heavy atom. The lowest BCUT2D eigenvalue weighted by Gasteiger charge is -2.32. The molecule has 0 spiro atoms. The SMILES string of the molecule is O=C(Nc1ccc2c(c1)OCCO2)[C@@H]1CCCN(C(=O)c2cccc(C(F)(F)F)c2)C1. The summed E-state index contributed by atoms with van der Waals surface area (Å²) in [7, 11) is 0. The van der Waals surface area contributed by atoms with Crippen molar-refractivity contribution in [2.24, 2.45) is 5.92 Å². The van der Waals surface area contributed by atoms with E-state index in [1.54, 1.807) is 18.2 Å². The molecular formula is C22H21F3N2O4. The first-order chi connectivity index (χ1) is 14.8. The van der Waals surface area contributed by atoms with Gasteiger partial charge in [0.25, 0.3) is 5.91 Å². The van der Waals surface area contributed by atoms with Crippen molar-refractivity contribution in [3.05, 3.63) is 53.6 Å². The van der Waals surface area contributed by atoms with Crippen molar-refractivity contribution in [3.63, 3.8) is 0 Å². The van der Waals surface area contributed by atoms with Crippen LogP contribution in [0.1, 0.15) is 28.8 Å². The molecule has 0 radical (unpaired) electrons. The fourth-order valence-corrected chi connectivity index (χ4v) is 3.75. The molecule has 1 saturated heterocycles. The number of halogens is 3. The molecule has 2 aromatic rings. The van der Waals surface area contributed by atoms with Crippen LogP contribution in [0.5, 0.6) is 11.5 Å². The summed E-state index contributed by atoms with van der Waals surface area (Å²) in [4.78, 5) is 27.0. The standard InChI is InChI=1S/C22H21F3N2O4/c23-22(24,25)16-5-1-3-14(11-16)21(29)27-8-2-4-15(13-27)20(28)26-17-6-7-18-19(12-17)31-10-9-30-18/h1,3,5-7,11-12,15H,2,4,8-10,13H2,(H,26,28)/t15-/m1/s1. The number of hydrogen-bond acceptors (Lipinski definition) is 4. The minimum absolute atomic E-state index is 0.0391. The molecule has 6 nitrogen and oxygen atoms in total. The first-order valence-corrected chi connectivity index (χ1v) is 9.98. The van der Waals surface area contributed by atoms with Gasteiger partial charge in [-0.15, -0.1) is 0 Å². The van der Waals surface area contributed by atoms with Crippen LogP contribution in [0.15, 0.2) is 42.5 Å². The second-order valence-electron chi connectivity index (χ2n) is 7.52. The molecule has 164 valence electrons. The molecule has 2 aromatic carbocycles. The number of alkyl halides is 3. The van der Waals surface area contributed by atoms with Crippen LogP contribution in [0.4, 0.5) is 18.9 Å². The highest BCUT2D eigenvalue weighted by atomic mass is 19.4. The molecule has 4 rings (SSSR count). The minimum Gasteiger partial charge on any atom is -0.486 e. The number of benzene rings is 2. The third kappa shape index (κ3) is 4.76. The Balaban J connectivity index is 1.42. The number of carbonyl (C=O) groups is 2. The van der Waals surface area contributed by atoms with Gasteiger partial charge in [0.15, 0.2) is 11.5 Å². The maximum Gasteiger partial charge on any atom is 0.416 e. The lowest BCUT2D eigenvalue weighted by Crippen LogP contribution is -2.43. The number of amides is 2. The van der Waals surface area contributed by atoms with Crippen LogP contribution in [0, 0.1) is 5.92 Å². The van der Waals surface area contributed by atoms with Crippen LogP contribution in [-0.4, -0.2) is 43.0 Å². The molecule has 0 saturated carbocycles. The van der Waals surface area contributed by atoms with Crippen LogP contribution in [0.2, 0.25) is 0 Å². The normalized spacial score (nSPS) is 18.4. The topological polar surface area (TPSA) is 67.9 Å². The van der Waals surface area contributed by atoms with Crippen LogP contribution < -0.4 is 14.8 Å². The highest BCUT2D eigenvalue weighted by molar-refractivity contribution is 5.96. The molecule has 2 heterocycles. The zero-order valence-electron chi connectivity index (χ0n) is 16.6. The van der Waals surface area contributed by atoms with Crippen molar-refractivity contribution < 1.29 is 32.2 Å². The lowest BCUT2D eigenvalue weighted by atomic mass is 9.96. The summed E-state index contributed by atoms with van der Waals surface area (Å²) in [5.41, 5.74) is -0.360. The third-order valence-corrected chi connectivity index (χ3v) is 5.33. The molecule has 1 N–H and O–H groups in total. The molecule has 1 fully saturated rings. The monoisotopic (exact) mass is 434 g/mol. The second-order valence-corrected chi connectivity index (χ2v) is 7.52. The predicted molar refractivity (Wildman–Crippen MR) is 106 cm³/mol. The fraction of sp³-hybridized carbons (Fsp3) is 0.364. The van der Waals surface area contributed by atoms with E-state index < -0.39 is 23.6 Å². The second kappa shape index (κ2) is 8.49. The van der Waals surface area contributed by atoms with E-state index in [1.165, 1.54) is 17.0 Å². The molecule has 0 aromatic heterocycles. The number of carbonyl (C=O) groups excluding carboxylic acids is 2. The lowest BCUT2D eigenvalue weighted by molar-refractivity contribution is -0.137. The van der Waals surface area contributed by atoms with E-state index in [0.717, 1.165) is 12.1 Å². The van der Waals surface area contributed by atoms with E-state index in [2.05, 4.69) is 5.32 Å². The van der Waals surface area contributed by atoms with Gasteiger partial charge in [0, 0.05) is 30.4 Å². The minimum atomic E-state index is -4.52. The van der Waals surface area contributed by atoms with E-state index in [-0.39, 0.29) is 18.0 Å². The zero-order valence-corrected chi connectivity index (χ0v) is 16.6. The van der Waals surface area contributed by atoms with E-state index >= 15 is 0 Å². The summed E-state index contributed by atoms with van der Waals surface area (Å²) in [6.07, 6.45) is -3.35. The molecule has 9 heteroatoms. The van der Waals surface area contributed by atoms with E-state index in [1.807, 2.05) is 0 Å². The van der Waals surface area contributed by atoms with E-state index in [9.17, 15) is 22.8 Å². The Morgan fingerprint density at radius 2 is 1.81 bits per heavy atom. The van der Waals surface area contributed by atoms with Gasteiger partial charge >= 0.3 is 6.18 Å². The van der Waals surface area contributed by atoms with Crippen molar-refractivity contribution in [3.8, 4) is 11.5 Å². The van der Waals surface area contributed by atoms with Crippen LogP contribution in [0.3, 0.4) is 0 Å². The highest BCUT2D eigenvalue weighted by Crippen LogP contribution is 2.33. The average Bonchev–Trinajstić information content (AvgIpc) is 2.78. The number of anilines is 1. The van der Waals surface area contributed by atoms with Gasteiger partial charge in [-0.25, -0.2) is 0 Å². The largest absolute Gasteiger partial charge is 0.486 e. The molecule has 0 unspecified atom stereocenters. The number of piperidine rings is 1. The van der Waals surface area contributed by atoms with Gasteiger partial charge in [0.2, 0.25) is 5.91 Å². The van der Waals surface area contributed by atoms with E-state index in [0.29, 0.717) is 49.8 Å². The van der Waals surface area contributed by atoms with Crippen LogP contribution in [-0.2, 0) is 11.0 Å². The number of hydrogen-bond donors (Lipinski definition) is 1. The Hall–Kier alpha value is -3.23. The van der Waals surface area contributed by atoms with Gasteiger partial charge in [0.05, 0.1) is 11.5 Å². The summed E-state index contributed by atoms with van der Waals surface area (Å²) in [6.45, 7) is 1.44. The molecule has 2 amide bonds. The molecule has 31 heavy (non-hydrogen) atoms. The number of likely N-dealkylation sites (tertiary alicyclic amines) is 1. The maximum absolute atomic E-state index is 13.0. The van der Waals surface area contributed by atoms with Gasteiger partial charge in [0.1, 0.15) is 13.2 Å². The number of fused-ring (bicyclic) bond motifs is 1. The summed E-state index contributed by atoms with van der Waals surface area (Å²) in [5.74, 6) is -0.0633. The molecule has 2 aliphatic rings. The van der Waals surface area contributed by atoms with Gasteiger partial charge in [-0.2, -0.15) is 13.2 Å². The summed E-state index contributed by atoms with van der Waals surface area (Å²) >= 11 is 0. The third-order valence-electron chi connectivity index (χ3n) is 5.33. The van der Waals surface area contributed by atoms with Gasteiger partial charge in [-0.3, -0.25) is 9.59 Å². The fourth-order valence-electron chi connectivity index (χ4n) is 3.75. The average molecular weight is 434 g/mol. The number of nitrogens with zero attached hydrogens (tertiary/aromatic N) is 1. The van der Waals surface area contributed by atoms with Crippen molar-refractivity contribution in [1.82, 2.24) is 4.90 Å². The molecule has 0 aliphatic carbocycles. The van der Waals surface area contributed by atoms with E-state index in [4.69, 9.17) is 9.47 Å². The maximum atomic E-state index is 13.0. The van der Waals surface area contributed by atoms with Crippen LogP contribution >= 0.6 is 0 Å². The van der Waals surface area contributed by atoms with Gasteiger partial charge < -0.3 is 19.7 Å². The summed E-state index contributed by atoms with van der Waals surface area (Å²) < 4.78 is 49.8. The van der Waals surface area contributed by atoms with Crippen molar-refractivity contribution in [2.45, 2.75) is 19.0 Å². The number of rotatable bonds is 3. The predicted octanol–water partition coefficient (Wildman–Crippen LogP) is 3.97. The molecule has 0 bridgehead atoms. The van der Waals surface area contributed by atoms with Crippen molar-refractivity contribution in [1.29, 1.82) is 0 Å². The first-order valence-electron chi connectivity index (χ1n) is 9.98. The molecule has 1 atom stereocenters. The summed E-state index contributed by atoms with van der Waals surface area (Å²) in [6, 6.07) is 9.45. The molecular weight excluding hydrogens is 413 g/mol. The number of nitrogens with one attached hydrogen (secondary N) is 1. The summed E-state index contributed by atoms with van der Waals surface area (Å²) in [5, 5.41) is 2.83. The number of ether oxygens (including phenoxy) is 2.